The van der Waals surface area contributed by atoms with E-state index in [1.807, 2.05) is 0 Å². The molecule has 2 atom stereocenters. The van der Waals surface area contributed by atoms with Crippen molar-refractivity contribution in [2.24, 2.45) is 5.73 Å². The molecule has 23 heavy (non-hydrogen) atoms. The molecule has 136 valence electrons. The third-order valence-electron chi connectivity index (χ3n) is 2.36. The first-order valence-corrected chi connectivity index (χ1v) is 11.0. The van der Waals surface area contributed by atoms with Gasteiger partial charge in [0.05, 0.1) is 19.5 Å². The second-order valence-corrected chi connectivity index (χ2v) is 8.82. The highest BCUT2D eigenvalue weighted by Crippen LogP contribution is 2.46. The number of hydrogen-bond donors (Lipinski definition) is 4. The van der Waals surface area contributed by atoms with Crippen LogP contribution in [0.25, 0.3) is 0 Å². The average Bonchev–Trinajstić information content (AvgIpc) is 2.46. The van der Waals surface area contributed by atoms with Crippen molar-refractivity contribution in [3.05, 3.63) is 0 Å². The summed E-state index contributed by atoms with van der Waals surface area (Å²) in [6.45, 7) is 3.71. The molecule has 9 nitrogen and oxygen atoms in total. The second kappa shape index (κ2) is 12.1. The van der Waals surface area contributed by atoms with Crippen LogP contribution in [0, 0.1) is 0 Å². The van der Waals surface area contributed by atoms with E-state index in [1.54, 1.807) is 13.8 Å². The maximum atomic E-state index is 12.2. The van der Waals surface area contributed by atoms with E-state index in [0.29, 0.717) is 0 Å². The van der Waals surface area contributed by atoms with Crippen LogP contribution in [0.5, 0.6) is 0 Å². The summed E-state index contributed by atoms with van der Waals surface area (Å²) in [5.41, 5.74) is 5.34. The van der Waals surface area contributed by atoms with Crippen molar-refractivity contribution in [2.75, 3.05) is 31.0 Å². The molecule has 0 amide bonds. The van der Waals surface area contributed by atoms with E-state index >= 15 is 0 Å². The third kappa shape index (κ3) is 10.2. The number of nitrogens with one attached hydrogen (secondary N) is 1. The number of carboxylic acids is 2. The van der Waals surface area contributed by atoms with Gasteiger partial charge < -0.3 is 25.0 Å². The zero-order valence-corrected chi connectivity index (χ0v) is 15.5. The molecular formula is C11H23N2O7PS2. The van der Waals surface area contributed by atoms with Crippen LogP contribution in [0.4, 0.5) is 0 Å². The minimum absolute atomic E-state index is 0.143. The highest BCUT2D eigenvalue weighted by atomic mass is 33.1. The number of nitrogens with two attached hydrogens (primary N) is 1. The molecule has 0 saturated heterocycles. The lowest BCUT2D eigenvalue weighted by atomic mass is 10.3. The molecule has 0 aromatic heterocycles. The van der Waals surface area contributed by atoms with Gasteiger partial charge in [-0.3, -0.25) is 19.5 Å². The Balaban J connectivity index is 4.33. The average molecular weight is 390 g/mol. The van der Waals surface area contributed by atoms with E-state index in [4.69, 9.17) is 25.0 Å². The van der Waals surface area contributed by atoms with E-state index in [-0.39, 0.29) is 31.0 Å². The van der Waals surface area contributed by atoms with Crippen molar-refractivity contribution in [1.82, 2.24) is 5.32 Å². The van der Waals surface area contributed by atoms with Gasteiger partial charge in [-0.15, -0.1) is 0 Å². The second-order valence-electron chi connectivity index (χ2n) is 4.21. The van der Waals surface area contributed by atoms with Crippen LogP contribution in [-0.2, 0) is 23.2 Å². The summed E-state index contributed by atoms with van der Waals surface area (Å²) in [4.78, 5) is 21.8. The largest absolute Gasteiger partial charge is 0.480 e. The Morgan fingerprint density at radius 1 is 1.13 bits per heavy atom. The van der Waals surface area contributed by atoms with Crippen molar-refractivity contribution in [3.63, 3.8) is 0 Å². The lowest BCUT2D eigenvalue weighted by Crippen LogP contribution is -2.39. The van der Waals surface area contributed by atoms with Crippen LogP contribution in [0.3, 0.4) is 0 Å². The smallest absolute Gasteiger partial charge is 0.344 e. The lowest BCUT2D eigenvalue weighted by molar-refractivity contribution is -0.139. The Bertz CT molecular complexity index is 417. The molecule has 0 aliphatic rings. The SMILES string of the molecule is CCOP(=O)(CN[C@@H](CSSC[C@H](N)C(=O)O)C(=O)O)OCC. The molecule has 0 saturated carbocycles. The summed E-state index contributed by atoms with van der Waals surface area (Å²) < 4.78 is 22.4. The molecule has 0 aliphatic heterocycles. The molecule has 0 radical (unpaired) electrons. The lowest BCUT2D eigenvalue weighted by Gasteiger charge is -2.20. The molecule has 0 unspecified atom stereocenters. The molecule has 0 spiro atoms. The highest BCUT2D eigenvalue weighted by molar-refractivity contribution is 8.76. The van der Waals surface area contributed by atoms with Crippen LogP contribution in [0.1, 0.15) is 13.8 Å². The van der Waals surface area contributed by atoms with Crippen molar-refractivity contribution in [3.8, 4) is 0 Å². The van der Waals surface area contributed by atoms with E-state index in [9.17, 15) is 14.2 Å². The zero-order chi connectivity index (χ0) is 17.9. The molecule has 0 aliphatic carbocycles. The van der Waals surface area contributed by atoms with Crippen LogP contribution in [0.15, 0.2) is 0 Å². The zero-order valence-electron chi connectivity index (χ0n) is 13.0. The van der Waals surface area contributed by atoms with Gasteiger partial charge in [-0.25, -0.2) is 0 Å². The number of carbonyl (C=O) groups is 2. The van der Waals surface area contributed by atoms with Gasteiger partial charge in [-0.05, 0) is 13.8 Å². The Hall–Kier alpha value is -0.290. The summed E-state index contributed by atoms with van der Waals surface area (Å²) in [7, 11) is -1.03. The summed E-state index contributed by atoms with van der Waals surface area (Å²) >= 11 is 0. The first-order valence-electron chi connectivity index (χ1n) is 6.82. The molecular weight excluding hydrogens is 367 g/mol. The highest BCUT2D eigenvalue weighted by Gasteiger charge is 2.27. The number of hydrogen-bond acceptors (Lipinski definition) is 9. The summed E-state index contributed by atoms with van der Waals surface area (Å²) in [6.07, 6.45) is -0.217. The molecule has 0 bridgehead atoms. The predicted octanol–water partition coefficient (Wildman–Crippen LogP) is 1.05. The maximum absolute atomic E-state index is 12.2. The van der Waals surface area contributed by atoms with Crippen LogP contribution in [-0.4, -0.2) is 65.2 Å². The van der Waals surface area contributed by atoms with Gasteiger partial charge in [0.2, 0.25) is 0 Å². The minimum atomic E-state index is -3.37. The normalized spacial score (nSPS) is 14.4. The Kier molecular flexibility index (Phi) is 12.0. The summed E-state index contributed by atoms with van der Waals surface area (Å²) in [5, 5.41) is 20.4. The first-order chi connectivity index (χ1) is 10.8. The van der Waals surface area contributed by atoms with Gasteiger partial charge in [0, 0.05) is 11.5 Å². The fraction of sp³-hybridized carbons (Fsp3) is 0.818. The van der Waals surface area contributed by atoms with Crippen LogP contribution < -0.4 is 11.1 Å². The van der Waals surface area contributed by atoms with Gasteiger partial charge in [-0.1, -0.05) is 21.6 Å². The van der Waals surface area contributed by atoms with Gasteiger partial charge in [0.25, 0.3) is 0 Å². The Labute approximate surface area is 143 Å². The number of rotatable bonds is 14. The molecule has 0 aromatic carbocycles. The van der Waals surface area contributed by atoms with Gasteiger partial charge >= 0.3 is 19.5 Å². The van der Waals surface area contributed by atoms with Crippen molar-refractivity contribution in [1.29, 1.82) is 0 Å². The van der Waals surface area contributed by atoms with Crippen LogP contribution in [0.2, 0.25) is 0 Å². The summed E-state index contributed by atoms with van der Waals surface area (Å²) in [5.74, 6) is -1.92. The molecule has 12 heteroatoms. The molecule has 0 fully saturated rings. The molecule has 5 N–H and O–H groups in total. The van der Waals surface area contributed by atoms with Gasteiger partial charge in [0.15, 0.2) is 0 Å². The van der Waals surface area contributed by atoms with Crippen molar-refractivity contribution >= 4 is 41.1 Å². The van der Waals surface area contributed by atoms with Crippen molar-refractivity contribution < 1.29 is 33.4 Å². The van der Waals surface area contributed by atoms with Crippen molar-refractivity contribution in [2.45, 2.75) is 25.9 Å². The molecule has 0 heterocycles. The van der Waals surface area contributed by atoms with E-state index < -0.39 is 31.6 Å². The number of aliphatic carboxylic acids is 2. The molecule has 0 rings (SSSR count). The van der Waals surface area contributed by atoms with Gasteiger partial charge in [-0.2, -0.15) is 0 Å². The predicted molar refractivity (Wildman–Crippen MR) is 90.8 cm³/mol. The minimum Gasteiger partial charge on any atom is -0.480 e. The fourth-order valence-electron chi connectivity index (χ4n) is 1.27. The maximum Gasteiger partial charge on any atom is 0.344 e. The first kappa shape index (κ1) is 22.7. The number of carboxylic acid groups (broad SMARTS) is 2. The summed E-state index contributed by atoms with van der Waals surface area (Å²) in [6, 6.07) is -1.97. The molecule has 0 aromatic rings. The quantitative estimate of drug-likeness (QED) is 0.191. The monoisotopic (exact) mass is 390 g/mol. The van der Waals surface area contributed by atoms with Crippen LogP contribution >= 0.6 is 29.2 Å². The Morgan fingerprint density at radius 3 is 2.09 bits per heavy atom. The van der Waals surface area contributed by atoms with E-state index in [0.717, 1.165) is 0 Å². The topological polar surface area (TPSA) is 148 Å². The third-order valence-corrected chi connectivity index (χ3v) is 6.68. The van der Waals surface area contributed by atoms with Gasteiger partial charge in [0.1, 0.15) is 12.1 Å². The van der Waals surface area contributed by atoms with E-state index in [1.165, 1.54) is 21.6 Å². The Morgan fingerprint density at radius 2 is 1.65 bits per heavy atom. The fourth-order valence-corrected chi connectivity index (χ4v) is 5.06. The standard InChI is InChI=1S/C11H23N2O7PS2/c1-3-19-21(18,20-4-2)7-13-9(11(16)17)6-23-22-5-8(12)10(14)15/h8-9,13H,3-7,12H2,1-2H3,(H,14,15)(H,16,17)/t8-,9-/m0/s1. The van der Waals surface area contributed by atoms with E-state index in [2.05, 4.69) is 5.32 Å².